The summed E-state index contributed by atoms with van der Waals surface area (Å²) in [5.74, 6) is -0.803. The van der Waals surface area contributed by atoms with Crippen LogP contribution in [-0.2, 0) is 17.5 Å². The fraction of sp³-hybridized carbons (Fsp3) is 0.316. The molecule has 0 fully saturated rings. The Hall–Kier alpha value is -3.10. The molecule has 0 spiro atoms. The van der Waals surface area contributed by atoms with E-state index in [0.717, 1.165) is 12.3 Å². The zero-order chi connectivity index (χ0) is 20.9. The predicted molar refractivity (Wildman–Crippen MR) is 98.0 cm³/mol. The van der Waals surface area contributed by atoms with Crippen molar-refractivity contribution in [3.63, 3.8) is 0 Å². The highest BCUT2D eigenvalue weighted by Gasteiger charge is 2.34. The van der Waals surface area contributed by atoms with Crippen LogP contribution in [0.25, 0.3) is 0 Å². The fourth-order valence-electron chi connectivity index (χ4n) is 2.62. The van der Waals surface area contributed by atoms with E-state index >= 15 is 0 Å². The molecule has 6 nitrogen and oxygen atoms in total. The molecule has 0 bridgehead atoms. The fourth-order valence-corrected chi connectivity index (χ4v) is 2.62. The second-order valence-electron chi connectivity index (χ2n) is 5.96. The maximum Gasteiger partial charge on any atom is 0.421 e. The molecule has 0 aliphatic rings. The lowest BCUT2D eigenvalue weighted by Gasteiger charge is -2.18. The van der Waals surface area contributed by atoms with Crippen LogP contribution in [0.3, 0.4) is 0 Å². The van der Waals surface area contributed by atoms with E-state index in [9.17, 15) is 27.6 Å². The van der Waals surface area contributed by atoms with E-state index in [0.29, 0.717) is 35.0 Å². The van der Waals surface area contributed by atoms with E-state index in [1.54, 1.807) is 17.0 Å². The highest BCUT2D eigenvalue weighted by Crippen LogP contribution is 2.25. The number of halogens is 3. The van der Waals surface area contributed by atoms with Crippen molar-refractivity contribution in [2.45, 2.75) is 26.6 Å². The normalized spacial score (nSPS) is 11.2. The molecular formula is C19H20F3N3O3. The molecular weight excluding hydrogens is 375 g/mol. The van der Waals surface area contributed by atoms with E-state index in [2.05, 4.69) is 5.32 Å². The van der Waals surface area contributed by atoms with Crippen molar-refractivity contribution in [2.75, 3.05) is 18.4 Å². The number of nitrogens with one attached hydrogen (secondary N) is 1. The van der Waals surface area contributed by atoms with Crippen molar-refractivity contribution in [3.05, 3.63) is 64.1 Å². The van der Waals surface area contributed by atoms with Crippen LogP contribution in [0.1, 0.15) is 29.8 Å². The van der Waals surface area contributed by atoms with Gasteiger partial charge in [-0.15, -0.1) is 0 Å². The number of amides is 2. The number of nitrogens with zero attached hydrogens (tertiary/aromatic N) is 2. The van der Waals surface area contributed by atoms with Crippen LogP contribution >= 0.6 is 0 Å². The zero-order valence-corrected chi connectivity index (χ0v) is 15.4. The summed E-state index contributed by atoms with van der Waals surface area (Å²) in [7, 11) is 0. The number of rotatable bonds is 6. The van der Waals surface area contributed by atoms with Gasteiger partial charge in [-0.05, 0) is 50.2 Å². The molecule has 1 aromatic heterocycles. The monoisotopic (exact) mass is 395 g/mol. The summed E-state index contributed by atoms with van der Waals surface area (Å²) in [6, 6.07) is 7.86. The van der Waals surface area contributed by atoms with E-state index in [1.165, 1.54) is 12.1 Å². The topological polar surface area (TPSA) is 71.4 Å². The van der Waals surface area contributed by atoms with Crippen LogP contribution in [0.2, 0.25) is 0 Å². The van der Waals surface area contributed by atoms with Gasteiger partial charge in [0.25, 0.3) is 11.5 Å². The van der Waals surface area contributed by atoms with Crippen molar-refractivity contribution in [2.24, 2.45) is 0 Å². The molecule has 0 aliphatic heterocycles. The van der Waals surface area contributed by atoms with Gasteiger partial charge in [-0.2, -0.15) is 13.2 Å². The minimum Gasteiger partial charge on any atom is -0.339 e. The summed E-state index contributed by atoms with van der Waals surface area (Å²) in [5.41, 5.74) is -1.80. The molecule has 0 saturated heterocycles. The molecule has 1 aromatic carbocycles. The lowest BCUT2D eigenvalue weighted by atomic mass is 10.1. The van der Waals surface area contributed by atoms with Gasteiger partial charge in [0.2, 0.25) is 5.91 Å². The molecule has 150 valence electrons. The molecule has 2 aromatic rings. The number of carbonyl (C=O) groups excluding carboxylic acids is 2. The van der Waals surface area contributed by atoms with Gasteiger partial charge in [-0.1, -0.05) is 0 Å². The van der Waals surface area contributed by atoms with Crippen LogP contribution in [-0.4, -0.2) is 34.4 Å². The molecule has 0 aliphatic carbocycles. The summed E-state index contributed by atoms with van der Waals surface area (Å²) in [5, 5.41) is 2.49. The number of benzene rings is 1. The van der Waals surface area contributed by atoms with Gasteiger partial charge in [0, 0.05) is 30.5 Å². The summed E-state index contributed by atoms with van der Waals surface area (Å²) in [6.07, 6.45) is -3.67. The van der Waals surface area contributed by atoms with Crippen molar-refractivity contribution >= 4 is 17.5 Å². The van der Waals surface area contributed by atoms with E-state index < -0.39 is 29.8 Å². The average molecular weight is 395 g/mol. The van der Waals surface area contributed by atoms with E-state index in [-0.39, 0.29) is 5.91 Å². The van der Waals surface area contributed by atoms with Crippen molar-refractivity contribution < 1.29 is 22.8 Å². The summed E-state index contributed by atoms with van der Waals surface area (Å²) in [4.78, 5) is 37.8. The lowest BCUT2D eigenvalue weighted by molar-refractivity contribution is -0.139. The Bertz CT molecular complexity index is 901. The van der Waals surface area contributed by atoms with Crippen LogP contribution in [0, 0.1) is 0 Å². The van der Waals surface area contributed by atoms with Gasteiger partial charge in [0.05, 0.1) is 0 Å². The van der Waals surface area contributed by atoms with Crippen LogP contribution in [0.5, 0.6) is 0 Å². The number of pyridine rings is 1. The largest absolute Gasteiger partial charge is 0.421 e. The molecule has 0 atom stereocenters. The Morgan fingerprint density at radius 1 is 1.07 bits per heavy atom. The molecule has 1 N–H and O–H groups in total. The summed E-state index contributed by atoms with van der Waals surface area (Å²) >= 11 is 0. The Kier molecular flexibility index (Phi) is 6.61. The number of hydrogen-bond donors (Lipinski definition) is 1. The molecule has 0 saturated carbocycles. The van der Waals surface area contributed by atoms with Crippen LogP contribution in [0.4, 0.5) is 18.9 Å². The summed E-state index contributed by atoms with van der Waals surface area (Å²) in [6.45, 7) is 4.30. The van der Waals surface area contributed by atoms with E-state index in [1.807, 2.05) is 13.8 Å². The van der Waals surface area contributed by atoms with Gasteiger partial charge in [0.15, 0.2) is 0 Å². The van der Waals surface area contributed by atoms with Crippen molar-refractivity contribution in [1.82, 2.24) is 9.47 Å². The predicted octanol–water partition coefficient (Wildman–Crippen LogP) is 2.99. The SMILES string of the molecule is CCN(CC)C(=O)c1ccc(NC(=O)Cn2cccc(C(F)(F)F)c2=O)cc1. The maximum absolute atomic E-state index is 12.8. The lowest BCUT2D eigenvalue weighted by Crippen LogP contribution is -2.32. The van der Waals surface area contributed by atoms with Gasteiger partial charge < -0.3 is 14.8 Å². The Labute approximate surface area is 159 Å². The van der Waals surface area contributed by atoms with Crippen LogP contribution in [0.15, 0.2) is 47.4 Å². The third-order valence-electron chi connectivity index (χ3n) is 4.11. The highest BCUT2D eigenvalue weighted by atomic mass is 19.4. The first-order chi connectivity index (χ1) is 13.2. The summed E-state index contributed by atoms with van der Waals surface area (Å²) < 4.78 is 39.0. The second-order valence-corrected chi connectivity index (χ2v) is 5.96. The van der Waals surface area contributed by atoms with Gasteiger partial charge in [-0.25, -0.2) is 0 Å². The molecule has 1 heterocycles. The third-order valence-corrected chi connectivity index (χ3v) is 4.11. The number of aromatic nitrogens is 1. The number of hydrogen-bond acceptors (Lipinski definition) is 3. The van der Waals surface area contributed by atoms with Gasteiger partial charge in [-0.3, -0.25) is 14.4 Å². The minimum atomic E-state index is -4.79. The number of carbonyl (C=O) groups is 2. The zero-order valence-electron chi connectivity index (χ0n) is 15.4. The standard InChI is InChI=1S/C19H20F3N3O3/c1-3-24(4-2)17(27)13-7-9-14(10-8-13)23-16(26)12-25-11-5-6-15(18(25)28)19(20,21)22/h5-11H,3-4,12H2,1-2H3,(H,23,26). The molecule has 0 radical (unpaired) electrons. The molecule has 28 heavy (non-hydrogen) atoms. The van der Waals surface area contributed by atoms with Crippen LogP contribution < -0.4 is 10.9 Å². The smallest absolute Gasteiger partial charge is 0.339 e. The van der Waals surface area contributed by atoms with Crippen molar-refractivity contribution in [3.8, 4) is 0 Å². The quantitative estimate of drug-likeness (QED) is 0.818. The maximum atomic E-state index is 12.8. The average Bonchev–Trinajstić information content (AvgIpc) is 2.64. The first-order valence-corrected chi connectivity index (χ1v) is 8.63. The first kappa shape index (κ1) is 21.2. The van der Waals surface area contributed by atoms with Crippen molar-refractivity contribution in [1.29, 1.82) is 0 Å². The van der Waals surface area contributed by atoms with Gasteiger partial charge >= 0.3 is 6.18 Å². The van der Waals surface area contributed by atoms with E-state index in [4.69, 9.17) is 0 Å². The first-order valence-electron chi connectivity index (χ1n) is 8.63. The second kappa shape index (κ2) is 8.73. The molecule has 2 amide bonds. The highest BCUT2D eigenvalue weighted by molar-refractivity contribution is 5.95. The minimum absolute atomic E-state index is 0.140. The molecule has 9 heteroatoms. The number of anilines is 1. The molecule has 0 unspecified atom stereocenters. The Morgan fingerprint density at radius 3 is 2.21 bits per heavy atom. The third kappa shape index (κ3) is 4.99. The Balaban J connectivity index is 2.08. The van der Waals surface area contributed by atoms with Gasteiger partial charge in [0.1, 0.15) is 12.1 Å². The Morgan fingerprint density at radius 2 is 1.68 bits per heavy atom. The molecule has 2 rings (SSSR count). The number of alkyl halides is 3.